The second kappa shape index (κ2) is 5.91. The van der Waals surface area contributed by atoms with Gasteiger partial charge in [0, 0.05) is 0 Å². The molecular formula is C16H28O7. The number of aliphatic hydroxyl groups excluding tert-OH is 4. The van der Waals surface area contributed by atoms with E-state index in [4.69, 9.17) is 14.2 Å². The van der Waals surface area contributed by atoms with E-state index < -0.39 is 42.9 Å². The van der Waals surface area contributed by atoms with Gasteiger partial charge in [0.1, 0.15) is 24.4 Å². The van der Waals surface area contributed by atoms with Gasteiger partial charge in [0.15, 0.2) is 6.29 Å². The Bertz CT molecular complexity index is 440. The van der Waals surface area contributed by atoms with E-state index >= 15 is 0 Å². The van der Waals surface area contributed by atoms with Gasteiger partial charge in [0.05, 0.1) is 23.9 Å². The first-order chi connectivity index (χ1) is 10.7. The molecule has 0 aromatic heterocycles. The minimum absolute atomic E-state index is 0.206. The second-order valence-electron chi connectivity index (χ2n) is 7.81. The van der Waals surface area contributed by atoms with E-state index in [1.54, 1.807) is 0 Å². The van der Waals surface area contributed by atoms with Crippen LogP contribution in [0.3, 0.4) is 0 Å². The number of ether oxygens (including phenoxy) is 3. The molecule has 4 N–H and O–H groups in total. The minimum Gasteiger partial charge on any atom is -0.394 e. The van der Waals surface area contributed by atoms with Crippen molar-refractivity contribution in [3.63, 3.8) is 0 Å². The van der Waals surface area contributed by atoms with E-state index in [9.17, 15) is 20.4 Å². The Morgan fingerprint density at radius 2 is 1.78 bits per heavy atom. The molecule has 4 fully saturated rings. The lowest BCUT2D eigenvalue weighted by atomic mass is 9.67. The summed E-state index contributed by atoms with van der Waals surface area (Å²) < 4.78 is 17.6. The maximum absolute atomic E-state index is 10.1. The first kappa shape index (κ1) is 17.5. The summed E-state index contributed by atoms with van der Waals surface area (Å²) in [6.07, 6.45) is -3.76. The summed E-state index contributed by atoms with van der Waals surface area (Å²) in [7, 11) is 0. The van der Waals surface area contributed by atoms with Crippen molar-refractivity contribution >= 4 is 0 Å². The summed E-state index contributed by atoms with van der Waals surface area (Å²) in [4.78, 5) is 0. The van der Waals surface area contributed by atoms with Crippen LogP contribution < -0.4 is 0 Å². The Balaban J connectivity index is 1.72. The molecule has 2 bridgehead atoms. The third-order valence-electron chi connectivity index (χ3n) is 5.80. The third kappa shape index (κ3) is 2.93. The zero-order chi connectivity index (χ0) is 17.0. The molecule has 23 heavy (non-hydrogen) atoms. The first-order valence-electron chi connectivity index (χ1n) is 8.34. The molecule has 8 atom stereocenters. The molecule has 134 valence electrons. The predicted molar refractivity (Wildman–Crippen MR) is 79.6 cm³/mol. The molecule has 4 rings (SSSR count). The van der Waals surface area contributed by atoms with Gasteiger partial charge in [0.25, 0.3) is 0 Å². The Hall–Kier alpha value is -0.280. The zero-order valence-electron chi connectivity index (χ0n) is 13.9. The molecule has 0 aromatic carbocycles. The van der Waals surface area contributed by atoms with E-state index in [-0.39, 0.29) is 11.7 Å². The molecule has 0 radical (unpaired) electrons. The van der Waals surface area contributed by atoms with Gasteiger partial charge in [-0.05, 0) is 46.0 Å². The summed E-state index contributed by atoms with van der Waals surface area (Å²) in [5.41, 5.74) is -0.681. The van der Waals surface area contributed by atoms with Crippen molar-refractivity contribution in [2.45, 2.75) is 88.0 Å². The predicted octanol–water partition coefficient (Wildman–Crippen LogP) is -0.461. The molecule has 1 aliphatic carbocycles. The van der Waals surface area contributed by atoms with Crippen molar-refractivity contribution in [1.82, 2.24) is 0 Å². The lowest BCUT2D eigenvalue weighted by Crippen LogP contribution is -2.65. The van der Waals surface area contributed by atoms with Crippen molar-refractivity contribution in [3.05, 3.63) is 0 Å². The van der Waals surface area contributed by atoms with Gasteiger partial charge in [-0.15, -0.1) is 0 Å². The molecular weight excluding hydrogens is 304 g/mol. The van der Waals surface area contributed by atoms with Gasteiger partial charge < -0.3 is 34.6 Å². The molecule has 7 heteroatoms. The van der Waals surface area contributed by atoms with Crippen LogP contribution in [0.2, 0.25) is 0 Å². The van der Waals surface area contributed by atoms with Crippen LogP contribution >= 0.6 is 0 Å². The summed E-state index contributed by atoms with van der Waals surface area (Å²) in [6, 6.07) is 0. The van der Waals surface area contributed by atoms with Crippen LogP contribution in [-0.4, -0.2) is 75.0 Å². The molecule has 3 saturated heterocycles. The normalized spacial score (nSPS) is 52.6. The number of fused-ring (bicyclic) bond motifs is 3. The van der Waals surface area contributed by atoms with E-state index in [2.05, 4.69) is 13.8 Å². The van der Waals surface area contributed by atoms with Gasteiger partial charge in [0.2, 0.25) is 0 Å². The average molecular weight is 332 g/mol. The quantitative estimate of drug-likeness (QED) is 0.554. The maximum Gasteiger partial charge on any atom is 0.187 e. The van der Waals surface area contributed by atoms with E-state index in [1.165, 1.54) is 0 Å². The van der Waals surface area contributed by atoms with Gasteiger partial charge in [-0.3, -0.25) is 0 Å². The Kier molecular flexibility index (Phi) is 4.51. The van der Waals surface area contributed by atoms with Crippen molar-refractivity contribution in [2.24, 2.45) is 5.92 Å². The fourth-order valence-electron chi connectivity index (χ4n) is 4.22. The molecule has 1 saturated carbocycles. The highest BCUT2D eigenvalue weighted by molar-refractivity contribution is 5.04. The molecule has 4 aliphatic rings. The molecule has 0 spiro atoms. The van der Waals surface area contributed by atoms with Crippen LogP contribution in [0.1, 0.15) is 40.0 Å². The van der Waals surface area contributed by atoms with Crippen molar-refractivity contribution in [3.8, 4) is 0 Å². The Morgan fingerprint density at radius 1 is 1.09 bits per heavy atom. The van der Waals surface area contributed by atoms with E-state index in [1.807, 2.05) is 6.92 Å². The summed E-state index contributed by atoms with van der Waals surface area (Å²) in [6.45, 7) is 5.70. The van der Waals surface area contributed by atoms with Crippen LogP contribution in [0.25, 0.3) is 0 Å². The number of hydrogen-bond donors (Lipinski definition) is 4. The smallest absolute Gasteiger partial charge is 0.187 e. The highest BCUT2D eigenvalue weighted by Gasteiger charge is 2.56. The molecule has 3 aliphatic heterocycles. The van der Waals surface area contributed by atoms with Crippen LogP contribution in [0.5, 0.6) is 0 Å². The standard InChI is InChI=1S/C16H28O7/c1-15(2)8-4-5-16(3,23-15)10(6-8)22-14-13(20)12(19)11(18)9(7-17)21-14/h8-14,17-20H,4-7H2,1-3H3/t8?,9-,10?,11-,12+,13-,14+,16?/m1/s1. The van der Waals surface area contributed by atoms with Gasteiger partial charge in [-0.2, -0.15) is 0 Å². The zero-order valence-corrected chi connectivity index (χ0v) is 13.9. The monoisotopic (exact) mass is 332 g/mol. The Morgan fingerprint density at radius 3 is 2.35 bits per heavy atom. The number of aliphatic hydroxyl groups is 4. The highest BCUT2D eigenvalue weighted by atomic mass is 16.7. The summed E-state index contributed by atoms with van der Waals surface area (Å²) >= 11 is 0. The van der Waals surface area contributed by atoms with Gasteiger partial charge >= 0.3 is 0 Å². The molecule has 7 nitrogen and oxygen atoms in total. The molecule has 0 amide bonds. The lowest BCUT2D eigenvalue weighted by molar-refractivity contribution is -0.353. The fraction of sp³-hybridized carbons (Fsp3) is 1.00. The van der Waals surface area contributed by atoms with E-state index in [0.29, 0.717) is 5.92 Å². The largest absolute Gasteiger partial charge is 0.394 e. The fourth-order valence-corrected chi connectivity index (χ4v) is 4.22. The topological polar surface area (TPSA) is 109 Å². The van der Waals surface area contributed by atoms with Crippen molar-refractivity contribution in [1.29, 1.82) is 0 Å². The number of hydrogen-bond acceptors (Lipinski definition) is 7. The average Bonchev–Trinajstić information content (AvgIpc) is 2.48. The highest BCUT2D eigenvalue weighted by Crippen LogP contribution is 2.51. The minimum atomic E-state index is -1.42. The van der Waals surface area contributed by atoms with Crippen LogP contribution in [0.4, 0.5) is 0 Å². The van der Waals surface area contributed by atoms with Gasteiger partial charge in [-0.1, -0.05) is 0 Å². The third-order valence-corrected chi connectivity index (χ3v) is 5.80. The Labute approximate surface area is 136 Å². The molecule has 3 unspecified atom stereocenters. The lowest BCUT2D eigenvalue weighted by Gasteiger charge is -2.58. The molecule has 3 heterocycles. The van der Waals surface area contributed by atoms with Gasteiger partial charge in [-0.25, -0.2) is 0 Å². The summed E-state index contributed by atoms with van der Waals surface area (Å²) in [5, 5.41) is 39.1. The van der Waals surface area contributed by atoms with Crippen LogP contribution in [0, 0.1) is 5.92 Å². The van der Waals surface area contributed by atoms with Crippen LogP contribution in [-0.2, 0) is 14.2 Å². The van der Waals surface area contributed by atoms with Crippen LogP contribution in [0.15, 0.2) is 0 Å². The number of rotatable bonds is 3. The maximum atomic E-state index is 10.1. The molecule has 0 aromatic rings. The summed E-state index contributed by atoms with van der Waals surface area (Å²) in [5.74, 6) is 0.360. The first-order valence-corrected chi connectivity index (χ1v) is 8.34. The SMILES string of the molecule is CC1(C)OC2(C)CCC1CC2O[C@@H]1O[C@H](CO)[C@@H](O)[C@H](O)[C@H]1O. The second-order valence-corrected chi connectivity index (χ2v) is 7.81. The van der Waals surface area contributed by atoms with E-state index in [0.717, 1.165) is 19.3 Å². The van der Waals surface area contributed by atoms with Crippen molar-refractivity contribution in [2.75, 3.05) is 6.61 Å². The van der Waals surface area contributed by atoms with Crippen molar-refractivity contribution < 1.29 is 34.6 Å².